The van der Waals surface area contributed by atoms with E-state index >= 15 is 0 Å². The van der Waals surface area contributed by atoms with Crippen LogP contribution in [-0.4, -0.2) is 11.1 Å². The monoisotopic (exact) mass is 369 g/mol. The number of nitriles is 1. The first-order valence-electron chi connectivity index (χ1n) is 7.52. The molecule has 0 aliphatic rings. The van der Waals surface area contributed by atoms with Crippen LogP contribution in [0.15, 0.2) is 45.1 Å². The zero-order valence-electron chi connectivity index (χ0n) is 13.7. The molecule has 1 amide bonds. The van der Waals surface area contributed by atoms with Crippen molar-refractivity contribution in [1.29, 1.82) is 5.26 Å². The molecule has 3 rings (SSSR count). The number of carbonyl (C=O) groups excluding carboxylic acids is 1. The van der Waals surface area contributed by atoms with Crippen LogP contribution in [0, 0.1) is 25.2 Å². The fraction of sp³-hybridized carbons (Fsp3) is 0.167. The summed E-state index contributed by atoms with van der Waals surface area (Å²) in [4.78, 5) is 13.5. The molecular formula is C18H15N3O2S2. The lowest BCUT2D eigenvalue weighted by Gasteiger charge is -2.09. The molecule has 25 heavy (non-hydrogen) atoms. The number of nitrogens with one attached hydrogen (secondary N) is 1. The topological polar surface area (TPSA) is 78.9 Å². The van der Waals surface area contributed by atoms with Crippen LogP contribution in [0.3, 0.4) is 0 Å². The molecule has 7 heteroatoms. The van der Waals surface area contributed by atoms with Crippen LogP contribution in [-0.2, 0) is 5.75 Å². The van der Waals surface area contributed by atoms with Gasteiger partial charge in [0, 0.05) is 16.2 Å². The molecule has 0 saturated heterocycles. The molecule has 0 atom stereocenters. The Morgan fingerprint density at radius 3 is 2.88 bits per heavy atom. The summed E-state index contributed by atoms with van der Waals surface area (Å²) in [5.41, 5.74) is 2.96. The van der Waals surface area contributed by atoms with E-state index in [-0.39, 0.29) is 5.91 Å². The van der Waals surface area contributed by atoms with Crippen molar-refractivity contribution in [2.45, 2.75) is 24.5 Å². The smallest absolute Gasteiger partial charge is 0.257 e. The molecule has 126 valence electrons. The lowest BCUT2D eigenvalue weighted by atomic mass is 10.2. The van der Waals surface area contributed by atoms with Gasteiger partial charge in [0.05, 0.1) is 16.8 Å². The van der Waals surface area contributed by atoms with Crippen LogP contribution < -0.4 is 5.32 Å². The predicted octanol–water partition coefficient (Wildman–Crippen LogP) is 4.77. The Morgan fingerprint density at radius 1 is 1.36 bits per heavy atom. The Labute approximate surface area is 153 Å². The van der Waals surface area contributed by atoms with Crippen molar-refractivity contribution in [3.05, 3.63) is 63.9 Å². The lowest BCUT2D eigenvalue weighted by Crippen LogP contribution is -2.12. The van der Waals surface area contributed by atoms with Crippen LogP contribution in [0.25, 0.3) is 0 Å². The van der Waals surface area contributed by atoms with Gasteiger partial charge in [0.2, 0.25) is 0 Å². The van der Waals surface area contributed by atoms with Gasteiger partial charge in [0.1, 0.15) is 16.8 Å². The number of thioether (sulfide) groups is 1. The SMILES string of the molecule is Cc1noc(C)c1CSc1ccccc1C(=O)Nc1sccc1C#N. The highest BCUT2D eigenvalue weighted by molar-refractivity contribution is 7.98. The average Bonchev–Trinajstić information content (AvgIpc) is 3.19. The zero-order chi connectivity index (χ0) is 17.8. The van der Waals surface area contributed by atoms with Gasteiger partial charge in [0.15, 0.2) is 0 Å². The van der Waals surface area contributed by atoms with Gasteiger partial charge in [-0.05, 0) is 37.4 Å². The summed E-state index contributed by atoms with van der Waals surface area (Å²) in [6, 6.07) is 11.2. The van der Waals surface area contributed by atoms with Crippen molar-refractivity contribution in [2.75, 3.05) is 5.32 Å². The fourth-order valence-corrected chi connectivity index (χ4v) is 4.24. The fourth-order valence-electron chi connectivity index (χ4n) is 2.30. The highest BCUT2D eigenvalue weighted by atomic mass is 32.2. The van der Waals surface area contributed by atoms with Crippen LogP contribution in [0.4, 0.5) is 5.00 Å². The minimum absolute atomic E-state index is 0.221. The number of rotatable bonds is 5. The van der Waals surface area contributed by atoms with Gasteiger partial charge < -0.3 is 9.84 Å². The van der Waals surface area contributed by atoms with Crippen molar-refractivity contribution in [1.82, 2.24) is 5.16 Å². The molecule has 1 aromatic carbocycles. The minimum atomic E-state index is -0.221. The number of benzene rings is 1. The standard InChI is InChI=1S/C18H15N3O2S2/c1-11-15(12(2)23-21-11)10-25-16-6-4-3-5-14(16)17(22)20-18-13(9-19)7-8-24-18/h3-8H,10H2,1-2H3,(H,20,22). The van der Waals surface area contributed by atoms with E-state index in [2.05, 4.69) is 16.5 Å². The van der Waals surface area contributed by atoms with Crippen LogP contribution in [0.1, 0.15) is 32.9 Å². The number of thiophene rings is 1. The quantitative estimate of drug-likeness (QED) is 0.655. The average molecular weight is 369 g/mol. The third-order valence-electron chi connectivity index (χ3n) is 3.70. The molecule has 1 N–H and O–H groups in total. The van der Waals surface area contributed by atoms with Gasteiger partial charge in [0.25, 0.3) is 5.91 Å². The van der Waals surface area contributed by atoms with E-state index in [1.165, 1.54) is 11.3 Å². The number of hydrogen-bond donors (Lipinski definition) is 1. The van der Waals surface area contributed by atoms with E-state index in [4.69, 9.17) is 9.78 Å². The van der Waals surface area contributed by atoms with Crippen molar-refractivity contribution in [2.24, 2.45) is 0 Å². The molecule has 3 aromatic rings. The Hall–Kier alpha value is -2.56. The summed E-state index contributed by atoms with van der Waals surface area (Å²) < 4.78 is 5.19. The molecule has 0 aliphatic carbocycles. The van der Waals surface area contributed by atoms with E-state index in [0.29, 0.717) is 21.9 Å². The minimum Gasteiger partial charge on any atom is -0.361 e. The number of aromatic nitrogens is 1. The summed E-state index contributed by atoms with van der Waals surface area (Å²) in [6.45, 7) is 3.79. The van der Waals surface area contributed by atoms with E-state index < -0.39 is 0 Å². The molecule has 0 spiro atoms. The van der Waals surface area contributed by atoms with E-state index in [0.717, 1.165) is 21.9 Å². The number of anilines is 1. The number of hydrogen-bond acceptors (Lipinski definition) is 6. The molecule has 0 saturated carbocycles. The normalized spacial score (nSPS) is 10.4. The predicted molar refractivity (Wildman–Crippen MR) is 99.0 cm³/mol. The second-order valence-corrected chi connectivity index (χ2v) is 7.25. The first kappa shape index (κ1) is 17.3. The first-order chi connectivity index (χ1) is 12.1. The van der Waals surface area contributed by atoms with Gasteiger partial charge in [-0.25, -0.2) is 0 Å². The highest BCUT2D eigenvalue weighted by Crippen LogP contribution is 2.30. The maximum absolute atomic E-state index is 12.6. The molecule has 0 unspecified atom stereocenters. The third kappa shape index (κ3) is 3.76. The van der Waals surface area contributed by atoms with Gasteiger partial charge in [-0.3, -0.25) is 4.79 Å². The van der Waals surface area contributed by atoms with Gasteiger partial charge in [-0.15, -0.1) is 23.1 Å². The summed E-state index contributed by atoms with van der Waals surface area (Å²) in [5, 5.41) is 18.2. The van der Waals surface area contributed by atoms with E-state index in [9.17, 15) is 4.79 Å². The Kier molecular flexibility index (Phi) is 5.22. The van der Waals surface area contributed by atoms with Gasteiger partial charge in [-0.2, -0.15) is 5.26 Å². The van der Waals surface area contributed by atoms with Crippen molar-refractivity contribution < 1.29 is 9.32 Å². The van der Waals surface area contributed by atoms with Crippen molar-refractivity contribution in [3.63, 3.8) is 0 Å². The largest absolute Gasteiger partial charge is 0.361 e. The maximum Gasteiger partial charge on any atom is 0.257 e. The van der Waals surface area contributed by atoms with Gasteiger partial charge >= 0.3 is 0 Å². The number of aryl methyl sites for hydroxylation is 2. The lowest BCUT2D eigenvalue weighted by molar-refractivity contribution is 0.102. The first-order valence-corrected chi connectivity index (χ1v) is 9.39. The second kappa shape index (κ2) is 7.55. The maximum atomic E-state index is 12.6. The van der Waals surface area contributed by atoms with E-state index in [1.807, 2.05) is 32.0 Å². The zero-order valence-corrected chi connectivity index (χ0v) is 15.3. The van der Waals surface area contributed by atoms with Crippen LogP contribution in [0.5, 0.6) is 0 Å². The number of nitrogens with zero attached hydrogens (tertiary/aromatic N) is 2. The Balaban J connectivity index is 1.79. The molecule has 0 bridgehead atoms. The molecule has 5 nitrogen and oxygen atoms in total. The summed E-state index contributed by atoms with van der Waals surface area (Å²) >= 11 is 2.90. The molecule has 0 aliphatic heterocycles. The highest BCUT2D eigenvalue weighted by Gasteiger charge is 2.16. The molecule has 0 fully saturated rings. The molecule has 2 heterocycles. The Morgan fingerprint density at radius 2 is 2.16 bits per heavy atom. The Bertz CT molecular complexity index is 934. The van der Waals surface area contributed by atoms with Crippen molar-refractivity contribution >= 4 is 34.0 Å². The third-order valence-corrected chi connectivity index (χ3v) is 5.63. The summed E-state index contributed by atoms with van der Waals surface area (Å²) in [5.74, 6) is 1.25. The number of carbonyl (C=O) groups is 1. The molecule has 0 radical (unpaired) electrons. The summed E-state index contributed by atoms with van der Waals surface area (Å²) in [7, 11) is 0. The van der Waals surface area contributed by atoms with Crippen LogP contribution >= 0.6 is 23.1 Å². The summed E-state index contributed by atoms with van der Waals surface area (Å²) in [6.07, 6.45) is 0. The molecular weight excluding hydrogens is 354 g/mol. The van der Waals surface area contributed by atoms with Crippen LogP contribution in [0.2, 0.25) is 0 Å². The number of amides is 1. The van der Waals surface area contributed by atoms with E-state index in [1.54, 1.807) is 29.3 Å². The second-order valence-electron chi connectivity index (χ2n) is 5.32. The molecule has 2 aromatic heterocycles. The van der Waals surface area contributed by atoms with Crippen molar-refractivity contribution in [3.8, 4) is 6.07 Å². The van der Waals surface area contributed by atoms with Gasteiger partial charge in [-0.1, -0.05) is 17.3 Å².